The predicted octanol–water partition coefficient (Wildman–Crippen LogP) is 4.73. The summed E-state index contributed by atoms with van der Waals surface area (Å²) in [6.07, 6.45) is 3.85. The second-order valence-corrected chi connectivity index (χ2v) is 8.73. The molecule has 3 N–H and O–H groups in total. The molecule has 0 spiro atoms. The zero-order valence-corrected chi connectivity index (χ0v) is 16.6. The maximum Gasteiger partial charge on any atom is 0.149 e. The van der Waals surface area contributed by atoms with Gasteiger partial charge in [0.05, 0.1) is 27.4 Å². The van der Waals surface area contributed by atoms with Crippen LogP contribution in [0.5, 0.6) is 0 Å². The van der Waals surface area contributed by atoms with Crippen molar-refractivity contribution in [1.82, 2.24) is 15.2 Å². The van der Waals surface area contributed by atoms with Crippen molar-refractivity contribution in [3.05, 3.63) is 40.5 Å². The molecule has 1 fully saturated rings. The van der Waals surface area contributed by atoms with Crippen molar-refractivity contribution in [3.8, 4) is 0 Å². The molecule has 0 saturated carbocycles. The summed E-state index contributed by atoms with van der Waals surface area (Å²) in [5.41, 5.74) is 8.99. The molecule has 1 aliphatic heterocycles. The smallest absolute Gasteiger partial charge is 0.149 e. The molecule has 0 bridgehead atoms. The van der Waals surface area contributed by atoms with Gasteiger partial charge in [-0.2, -0.15) is 5.10 Å². The van der Waals surface area contributed by atoms with E-state index in [9.17, 15) is 0 Å². The fourth-order valence-corrected chi connectivity index (χ4v) is 4.44. The maximum absolute atomic E-state index is 6.28. The van der Waals surface area contributed by atoms with Crippen molar-refractivity contribution in [2.75, 3.05) is 18.0 Å². The monoisotopic (exact) mass is 407 g/mol. The van der Waals surface area contributed by atoms with Gasteiger partial charge in [-0.1, -0.05) is 41.0 Å². The fourth-order valence-electron chi connectivity index (χ4n) is 3.06. The minimum Gasteiger partial charge on any atom is -0.370 e. The zero-order valence-electron chi connectivity index (χ0n) is 14.3. The number of nitrogens with two attached hydrogens (primary N) is 1. The second kappa shape index (κ2) is 6.93. The van der Waals surface area contributed by atoms with E-state index in [0.717, 1.165) is 52.6 Å². The number of nitrogens with zero attached hydrogens (tertiary/aromatic N) is 3. The van der Waals surface area contributed by atoms with Gasteiger partial charge >= 0.3 is 0 Å². The molecule has 0 aliphatic carbocycles. The third-order valence-electron chi connectivity index (χ3n) is 4.75. The molecule has 0 amide bonds. The lowest BCUT2D eigenvalue weighted by Gasteiger charge is -2.37. The average Bonchev–Trinajstić information content (AvgIpc) is 3.01. The highest BCUT2D eigenvalue weighted by atomic mass is 35.5. The molecular weight excluding hydrogens is 389 g/mol. The van der Waals surface area contributed by atoms with Gasteiger partial charge in [-0.05, 0) is 38.0 Å². The number of hydrogen-bond acceptors (Lipinski definition) is 5. The van der Waals surface area contributed by atoms with Gasteiger partial charge in [-0.25, -0.2) is 4.98 Å². The molecule has 4 rings (SSSR count). The summed E-state index contributed by atoms with van der Waals surface area (Å²) >= 11 is 13.8. The van der Waals surface area contributed by atoms with E-state index in [2.05, 4.69) is 33.1 Å². The minimum absolute atomic E-state index is 0.0674. The van der Waals surface area contributed by atoms with E-state index in [1.54, 1.807) is 6.07 Å². The van der Waals surface area contributed by atoms with E-state index in [1.165, 1.54) is 11.8 Å². The van der Waals surface area contributed by atoms with Crippen LogP contribution in [0.4, 0.5) is 5.69 Å². The standard InChI is InChI=1S/C18H19Cl2N5S/c1-18(21)5-7-25(8-6-18)11-9-13-16(22-10-11)17(24-23-13)26-14-4-2-3-12(19)15(14)20/h2-4,9-10H,5-8,21H2,1H3,(H,23,24). The summed E-state index contributed by atoms with van der Waals surface area (Å²) in [6, 6.07) is 7.66. The lowest BCUT2D eigenvalue weighted by molar-refractivity contribution is 0.364. The number of H-pyrrole nitrogens is 1. The largest absolute Gasteiger partial charge is 0.370 e. The Kier molecular flexibility index (Phi) is 4.77. The Bertz CT molecular complexity index is 946. The quantitative estimate of drug-likeness (QED) is 0.656. The highest BCUT2D eigenvalue weighted by Gasteiger charge is 2.26. The first-order valence-electron chi connectivity index (χ1n) is 8.43. The Morgan fingerprint density at radius 1 is 1.27 bits per heavy atom. The number of aromatic nitrogens is 3. The van der Waals surface area contributed by atoms with E-state index in [4.69, 9.17) is 28.9 Å². The number of benzene rings is 1. The Morgan fingerprint density at radius 2 is 2.04 bits per heavy atom. The van der Waals surface area contributed by atoms with Crippen LogP contribution in [0.25, 0.3) is 11.0 Å². The molecule has 5 nitrogen and oxygen atoms in total. The molecule has 1 aromatic carbocycles. The van der Waals surface area contributed by atoms with Crippen molar-refractivity contribution in [3.63, 3.8) is 0 Å². The SMILES string of the molecule is CC1(N)CCN(c2cnc3c(Sc4cccc(Cl)c4Cl)n[nH]c3c2)CC1. The number of fused-ring (bicyclic) bond motifs is 1. The van der Waals surface area contributed by atoms with Crippen LogP contribution >= 0.6 is 35.0 Å². The van der Waals surface area contributed by atoms with Crippen LogP contribution < -0.4 is 10.6 Å². The molecule has 26 heavy (non-hydrogen) atoms. The topological polar surface area (TPSA) is 70.8 Å². The summed E-state index contributed by atoms with van der Waals surface area (Å²) in [6.45, 7) is 3.99. The second-order valence-electron chi connectivity index (χ2n) is 6.91. The van der Waals surface area contributed by atoms with Crippen LogP contribution in [0.15, 0.2) is 40.4 Å². The lowest BCUT2D eigenvalue weighted by Crippen LogP contribution is -2.48. The van der Waals surface area contributed by atoms with Crippen LogP contribution in [-0.2, 0) is 0 Å². The Morgan fingerprint density at radius 3 is 2.81 bits per heavy atom. The molecule has 1 aliphatic rings. The third-order valence-corrected chi connectivity index (χ3v) is 6.72. The van der Waals surface area contributed by atoms with E-state index in [0.29, 0.717) is 10.0 Å². The molecule has 8 heteroatoms. The normalized spacial score (nSPS) is 17.0. The number of aromatic amines is 1. The average molecular weight is 408 g/mol. The predicted molar refractivity (Wildman–Crippen MR) is 109 cm³/mol. The Hall–Kier alpha value is -1.47. The summed E-state index contributed by atoms with van der Waals surface area (Å²) in [5.74, 6) is 0. The van der Waals surface area contributed by atoms with Crippen LogP contribution in [-0.4, -0.2) is 33.8 Å². The van der Waals surface area contributed by atoms with E-state index in [-0.39, 0.29) is 5.54 Å². The number of pyridine rings is 1. The number of halogens is 2. The van der Waals surface area contributed by atoms with Gasteiger partial charge in [0.15, 0.2) is 0 Å². The summed E-state index contributed by atoms with van der Waals surface area (Å²) in [5, 5.41) is 9.33. The van der Waals surface area contributed by atoms with Crippen molar-refractivity contribution in [2.24, 2.45) is 5.73 Å². The highest BCUT2D eigenvalue weighted by molar-refractivity contribution is 7.99. The summed E-state index contributed by atoms with van der Waals surface area (Å²) in [7, 11) is 0. The molecule has 3 heterocycles. The fraction of sp³-hybridized carbons (Fsp3) is 0.333. The number of anilines is 1. The summed E-state index contributed by atoms with van der Waals surface area (Å²) in [4.78, 5) is 7.82. The van der Waals surface area contributed by atoms with E-state index in [1.807, 2.05) is 18.3 Å². The van der Waals surface area contributed by atoms with Gasteiger partial charge < -0.3 is 10.6 Å². The Labute approximate surface area is 166 Å². The third kappa shape index (κ3) is 3.51. The molecule has 2 aromatic heterocycles. The van der Waals surface area contributed by atoms with Crippen LogP contribution in [0.3, 0.4) is 0 Å². The van der Waals surface area contributed by atoms with Crippen molar-refractivity contribution in [2.45, 2.75) is 35.2 Å². The zero-order chi connectivity index (χ0) is 18.3. The van der Waals surface area contributed by atoms with Gasteiger partial charge in [0.1, 0.15) is 10.5 Å². The molecule has 136 valence electrons. The van der Waals surface area contributed by atoms with Crippen LogP contribution in [0.1, 0.15) is 19.8 Å². The first-order chi connectivity index (χ1) is 12.4. The number of rotatable bonds is 3. The Balaban J connectivity index is 1.59. The van der Waals surface area contributed by atoms with Crippen molar-refractivity contribution >= 4 is 51.7 Å². The van der Waals surface area contributed by atoms with Crippen LogP contribution in [0.2, 0.25) is 10.0 Å². The van der Waals surface area contributed by atoms with Gasteiger partial charge in [0.25, 0.3) is 0 Å². The van der Waals surface area contributed by atoms with E-state index < -0.39 is 0 Å². The summed E-state index contributed by atoms with van der Waals surface area (Å²) < 4.78 is 0. The molecule has 0 unspecified atom stereocenters. The highest BCUT2D eigenvalue weighted by Crippen LogP contribution is 2.38. The first kappa shape index (κ1) is 17.9. The number of nitrogens with one attached hydrogen (secondary N) is 1. The van der Waals surface area contributed by atoms with Gasteiger partial charge in [-0.3, -0.25) is 5.10 Å². The first-order valence-corrected chi connectivity index (χ1v) is 10.00. The molecule has 3 aromatic rings. The molecular formula is C18H19Cl2N5S. The number of piperidine rings is 1. The van der Waals surface area contributed by atoms with E-state index >= 15 is 0 Å². The lowest BCUT2D eigenvalue weighted by atomic mass is 9.91. The maximum atomic E-state index is 6.28. The van der Waals surface area contributed by atoms with Crippen molar-refractivity contribution in [1.29, 1.82) is 0 Å². The minimum atomic E-state index is -0.0674. The van der Waals surface area contributed by atoms with Crippen molar-refractivity contribution < 1.29 is 0 Å². The molecule has 0 radical (unpaired) electrons. The van der Waals surface area contributed by atoms with Gasteiger partial charge in [0, 0.05) is 23.5 Å². The molecule has 0 atom stereocenters. The number of hydrogen-bond donors (Lipinski definition) is 2. The molecule has 1 saturated heterocycles. The van der Waals surface area contributed by atoms with Gasteiger partial charge in [0.2, 0.25) is 0 Å². The van der Waals surface area contributed by atoms with Gasteiger partial charge in [-0.15, -0.1) is 0 Å². The van der Waals surface area contributed by atoms with Crippen LogP contribution in [0, 0.1) is 0 Å².